The van der Waals surface area contributed by atoms with Gasteiger partial charge in [-0.15, -0.1) is 11.3 Å². The summed E-state index contributed by atoms with van der Waals surface area (Å²) in [5, 5.41) is 18.6. The Morgan fingerprint density at radius 2 is 1.65 bits per heavy atom. The maximum absolute atomic E-state index is 8.81. The molecular formula is C21H11N3OS. The van der Waals surface area contributed by atoms with Crippen LogP contribution in [-0.2, 0) is 0 Å². The van der Waals surface area contributed by atoms with E-state index >= 15 is 0 Å². The summed E-state index contributed by atoms with van der Waals surface area (Å²) in [6, 6.07) is 23.3. The van der Waals surface area contributed by atoms with Crippen LogP contribution in [0.15, 0.2) is 70.7 Å². The van der Waals surface area contributed by atoms with Crippen LogP contribution in [0.25, 0.3) is 38.2 Å². The van der Waals surface area contributed by atoms with Gasteiger partial charge in [-0.05, 0) is 24.3 Å². The molecule has 122 valence electrons. The van der Waals surface area contributed by atoms with E-state index in [1.54, 1.807) is 17.4 Å². The Bertz CT molecular complexity index is 1150. The van der Waals surface area contributed by atoms with Gasteiger partial charge < -0.3 is 4.42 Å². The standard InChI is InChI=1S/C21H11N3OS/c22-12-14(13-23)11-17-9-10-19(25-17)15-5-7-16(8-6-15)21-24-18-3-1-2-4-20(18)26-21/h1-11H. The first-order valence-corrected chi connectivity index (χ1v) is 8.66. The number of nitriles is 2. The lowest BCUT2D eigenvalue weighted by Gasteiger charge is -1.99. The molecule has 4 aromatic rings. The minimum absolute atomic E-state index is 0.0112. The second-order valence-corrected chi connectivity index (χ2v) is 6.58. The van der Waals surface area contributed by atoms with Crippen LogP contribution < -0.4 is 0 Å². The fourth-order valence-corrected chi connectivity index (χ4v) is 3.56. The molecule has 2 aromatic carbocycles. The largest absolute Gasteiger partial charge is 0.457 e. The zero-order valence-electron chi connectivity index (χ0n) is 13.5. The number of fused-ring (bicyclic) bond motifs is 1. The molecule has 4 rings (SSSR count). The molecule has 2 heterocycles. The Morgan fingerprint density at radius 1 is 0.923 bits per heavy atom. The molecule has 0 bridgehead atoms. The van der Waals surface area contributed by atoms with Crippen LogP contribution in [-0.4, -0.2) is 4.98 Å². The number of para-hydroxylation sites is 1. The number of thiazole rings is 1. The lowest BCUT2D eigenvalue weighted by Crippen LogP contribution is -1.78. The third-order valence-corrected chi connectivity index (χ3v) is 4.95. The van der Waals surface area contributed by atoms with Crippen LogP contribution in [0.1, 0.15) is 5.76 Å². The van der Waals surface area contributed by atoms with Crippen molar-refractivity contribution in [2.75, 3.05) is 0 Å². The molecule has 0 saturated carbocycles. The van der Waals surface area contributed by atoms with Gasteiger partial charge in [-0.2, -0.15) is 10.5 Å². The molecule has 0 radical (unpaired) electrons. The zero-order chi connectivity index (χ0) is 17.9. The van der Waals surface area contributed by atoms with Gasteiger partial charge in [0, 0.05) is 17.2 Å². The van der Waals surface area contributed by atoms with Gasteiger partial charge in [0.15, 0.2) is 0 Å². The quantitative estimate of drug-likeness (QED) is 0.446. The summed E-state index contributed by atoms with van der Waals surface area (Å²) < 4.78 is 6.87. The van der Waals surface area contributed by atoms with Gasteiger partial charge in [0.05, 0.1) is 10.2 Å². The average molecular weight is 353 g/mol. The van der Waals surface area contributed by atoms with Crippen LogP contribution in [0.5, 0.6) is 0 Å². The molecule has 0 aliphatic rings. The van der Waals surface area contributed by atoms with Crippen LogP contribution in [0.2, 0.25) is 0 Å². The molecule has 0 saturated heterocycles. The predicted molar refractivity (Wildman–Crippen MR) is 102 cm³/mol. The van der Waals surface area contributed by atoms with E-state index in [-0.39, 0.29) is 5.57 Å². The van der Waals surface area contributed by atoms with Crippen molar-refractivity contribution in [1.29, 1.82) is 10.5 Å². The minimum Gasteiger partial charge on any atom is -0.457 e. The number of nitrogens with zero attached hydrogens (tertiary/aromatic N) is 3. The van der Waals surface area contributed by atoms with E-state index < -0.39 is 0 Å². The van der Waals surface area contributed by atoms with Gasteiger partial charge in [0.1, 0.15) is 34.2 Å². The molecule has 26 heavy (non-hydrogen) atoms. The first-order valence-electron chi connectivity index (χ1n) is 7.85. The Labute approximate surface area is 153 Å². The Hall–Kier alpha value is -3.67. The van der Waals surface area contributed by atoms with Gasteiger partial charge in [0.2, 0.25) is 0 Å². The summed E-state index contributed by atoms with van der Waals surface area (Å²) in [6.45, 7) is 0. The molecule has 0 aliphatic heterocycles. The van der Waals surface area contributed by atoms with Crippen molar-refractivity contribution >= 4 is 27.6 Å². The normalized spacial score (nSPS) is 10.2. The highest BCUT2D eigenvalue weighted by Gasteiger charge is 2.08. The Morgan fingerprint density at radius 3 is 2.38 bits per heavy atom. The van der Waals surface area contributed by atoms with Crippen LogP contribution in [0.3, 0.4) is 0 Å². The highest BCUT2D eigenvalue weighted by atomic mass is 32.1. The van der Waals surface area contributed by atoms with Crippen molar-refractivity contribution in [1.82, 2.24) is 4.98 Å². The van der Waals surface area contributed by atoms with E-state index in [9.17, 15) is 0 Å². The lowest BCUT2D eigenvalue weighted by atomic mass is 10.1. The van der Waals surface area contributed by atoms with Crippen molar-refractivity contribution in [3.05, 3.63) is 72.0 Å². The lowest BCUT2D eigenvalue weighted by molar-refractivity contribution is 0.571. The van der Waals surface area contributed by atoms with Crippen molar-refractivity contribution in [2.45, 2.75) is 0 Å². The van der Waals surface area contributed by atoms with Gasteiger partial charge in [-0.25, -0.2) is 4.98 Å². The maximum Gasteiger partial charge on any atom is 0.134 e. The first kappa shape index (κ1) is 15.8. The van der Waals surface area contributed by atoms with Crippen molar-refractivity contribution in [2.24, 2.45) is 0 Å². The molecule has 5 heteroatoms. The molecule has 4 nitrogen and oxygen atoms in total. The van der Waals surface area contributed by atoms with Crippen molar-refractivity contribution in [3.8, 4) is 34.0 Å². The second-order valence-electron chi connectivity index (χ2n) is 5.55. The SMILES string of the molecule is N#CC(C#N)=Cc1ccc(-c2ccc(-c3nc4ccccc4s3)cc2)o1. The van der Waals surface area contributed by atoms with Crippen LogP contribution in [0.4, 0.5) is 0 Å². The maximum atomic E-state index is 8.81. The first-order chi connectivity index (χ1) is 12.8. The predicted octanol–water partition coefficient (Wildman–Crippen LogP) is 5.65. The minimum atomic E-state index is 0.0112. The fourth-order valence-electron chi connectivity index (χ4n) is 2.59. The van der Waals surface area contributed by atoms with Crippen molar-refractivity contribution < 1.29 is 4.42 Å². The number of hydrogen-bond donors (Lipinski definition) is 0. The number of furan rings is 1. The Kier molecular flexibility index (Phi) is 4.07. The summed E-state index contributed by atoms with van der Waals surface area (Å²) in [5.41, 5.74) is 2.99. The molecule has 0 N–H and O–H groups in total. The Balaban J connectivity index is 1.62. The molecule has 2 aromatic heterocycles. The smallest absolute Gasteiger partial charge is 0.134 e. The molecular weight excluding hydrogens is 342 g/mol. The highest BCUT2D eigenvalue weighted by Crippen LogP contribution is 2.32. The number of aromatic nitrogens is 1. The molecule has 0 fully saturated rings. The summed E-state index contributed by atoms with van der Waals surface area (Å²) >= 11 is 1.66. The van der Waals surface area contributed by atoms with E-state index in [4.69, 9.17) is 14.9 Å². The van der Waals surface area contributed by atoms with Gasteiger partial charge >= 0.3 is 0 Å². The van der Waals surface area contributed by atoms with Gasteiger partial charge in [-0.3, -0.25) is 0 Å². The average Bonchev–Trinajstić information content (AvgIpc) is 3.33. The van der Waals surface area contributed by atoms with E-state index in [0.717, 1.165) is 21.7 Å². The monoisotopic (exact) mass is 353 g/mol. The molecule has 0 unspecified atom stereocenters. The topological polar surface area (TPSA) is 73.6 Å². The third kappa shape index (κ3) is 3.00. The molecule has 0 spiro atoms. The van der Waals surface area contributed by atoms with E-state index in [1.807, 2.05) is 60.7 Å². The summed E-state index contributed by atoms with van der Waals surface area (Å²) in [5.74, 6) is 1.16. The number of allylic oxidation sites excluding steroid dienone is 1. The van der Waals surface area contributed by atoms with Gasteiger partial charge in [-0.1, -0.05) is 36.4 Å². The van der Waals surface area contributed by atoms with E-state index in [2.05, 4.69) is 11.1 Å². The highest BCUT2D eigenvalue weighted by molar-refractivity contribution is 7.21. The molecule has 0 aliphatic carbocycles. The second kappa shape index (κ2) is 6.68. The van der Waals surface area contributed by atoms with Crippen LogP contribution >= 0.6 is 11.3 Å². The summed E-state index contributed by atoms with van der Waals surface area (Å²) in [7, 11) is 0. The zero-order valence-corrected chi connectivity index (χ0v) is 14.3. The van der Waals surface area contributed by atoms with Crippen molar-refractivity contribution in [3.63, 3.8) is 0 Å². The van der Waals surface area contributed by atoms with Gasteiger partial charge in [0.25, 0.3) is 0 Å². The third-order valence-electron chi connectivity index (χ3n) is 3.86. The number of hydrogen-bond acceptors (Lipinski definition) is 5. The molecule has 0 atom stereocenters. The number of rotatable bonds is 3. The van der Waals surface area contributed by atoms with E-state index in [1.165, 1.54) is 10.8 Å². The summed E-state index contributed by atoms with van der Waals surface area (Å²) in [6.07, 6.45) is 1.43. The fraction of sp³-hybridized carbons (Fsp3) is 0. The van der Waals surface area contributed by atoms with E-state index in [0.29, 0.717) is 11.5 Å². The van der Waals surface area contributed by atoms with Crippen LogP contribution in [0, 0.1) is 22.7 Å². The number of benzene rings is 2. The summed E-state index contributed by atoms with van der Waals surface area (Å²) in [4.78, 5) is 4.67. The molecule has 0 amide bonds.